The van der Waals surface area contributed by atoms with Crippen LogP contribution in [0, 0.1) is 5.92 Å². The van der Waals surface area contributed by atoms with Gasteiger partial charge in [0, 0.05) is 23.8 Å². The molecule has 0 radical (unpaired) electrons. The third kappa shape index (κ3) is 6.02. The smallest absolute Gasteiger partial charge is 0.333 e. The number of nitrogens with one attached hydrogen (secondary N) is 1. The molecule has 9 nitrogen and oxygen atoms in total. The summed E-state index contributed by atoms with van der Waals surface area (Å²) in [6, 6.07) is 8.05. The first kappa shape index (κ1) is 26.2. The number of thiophene rings is 1. The summed E-state index contributed by atoms with van der Waals surface area (Å²) >= 11 is 7.73. The van der Waals surface area contributed by atoms with Crippen molar-refractivity contribution >= 4 is 44.8 Å². The molecule has 5 rings (SSSR count). The highest BCUT2D eigenvalue weighted by atomic mass is 35.5. The van der Waals surface area contributed by atoms with E-state index in [1.807, 2.05) is 23.6 Å². The Hall–Kier alpha value is -2.41. The molecule has 1 fully saturated rings. The standard InChI is InChI=1S/C25H28ClN5O4S2/c1-31-7-6-16-3-4-18(26)10-20(16)23(31)17-9-22(36-13-17)24(32)21-11-28-14-29-25(21)30-19-5-2-15(8-19)12-35-37(27,33)34/h3-4,9-11,13-15,19,23H,2,5-8,12H2,1H3,(H2,27,33,34)(H,28,29,30)/t15-,19+,23?/m1/s1. The minimum atomic E-state index is -3.96. The van der Waals surface area contributed by atoms with Crippen LogP contribution in [-0.2, 0) is 20.9 Å². The number of ketones is 1. The highest BCUT2D eigenvalue weighted by Gasteiger charge is 2.30. The summed E-state index contributed by atoms with van der Waals surface area (Å²) < 4.78 is 26.9. The Labute approximate surface area is 225 Å². The molecule has 196 valence electrons. The number of hydrogen-bond donors (Lipinski definition) is 2. The number of aromatic nitrogens is 2. The van der Waals surface area contributed by atoms with Crippen molar-refractivity contribution in [3.63, 3.8) is 0 Å². The van der Waals surface area contributed by atoms with Crippen LogP contribution in [0.4, 0.5) is 5.82 Å². The number of nitrogens with zero attached hydrogens (tertiary/aromatic N) is 3. The van der Waals surface area contributed by atoms with Crippen LogP contribution in [0.25, 0.3) is 0 Å². The summed E-state index contributed by atoms with van der Waals surface area (Å²) in [5.74, 6) is 0.386. The van der Waals surface area contributed by atoms with E-state index >= 15 is 0 Å². The van der Waals surface area contributed by atoms with E-state index in [-0.39, 0.29) is 30.4 Å². The van der Waals surface area contributed by atoms with Crippen molar-refractivity contribution in [3.05, 3.63) is 74.3 Å². The number of hydrogen-bond acceptors (Lipinski definition) is 9. The van der Waals surface area contributed by atoms with Crippen molar-refractivity contribution in [1.82, 2.24) is 14.9 Å². The highest BCUT2D eigenvalue weighted by molar-refractivity contribution is 7.84. The first-order chi connectivity index (χ1) is 17.7. The number of rotatable bonds is 8. The predicted octanol–water partition coefficient (Wildman–Crippen LogP) is 3.80. The summed E-state index contributed by atoms with van der Waals surface area (Å²) in [6.45, 7) is 0.970. The van der Waals surface area contributed by atoms with Crippen molar-refractivity contribution < 1.29 is 17.4 Å². The van der Waals surface area contributed by atoms with Gasteiger partial charge < -0.3 is 5.32 Å². The number of carbonyl (C=O) groups is 1. The molecule has 1 saturated carbocycles. The molecule has 3 N–H and O–H groups in total. The fourth-order valence-electron chi connectivity index (χ4n) is 5.24. The molecule has 1 aliphatic carbocycles. The minimum absolute atomic E-state index is 0.0276. The molecule has 12 heteroatoms. The molecule has 3 heterocycles. The maximum atomic E-state index is 13.6. The van der Waals surface area contributed by atoms with Crippen LogP contribution in [0.1, 0.15) is 57.2 Å². The fourth-order valence-corrected chi connectivity index (χ4v) is 6.69. The number of fused-ring (bicyclic) bond motifs is 1. The topological polar surface area (TPSA) is 128 Å². The molecule has 0 spiro atoms. The zero-order chi connectivity index (χ0) is 26.2. The Morgan fingerprint density at radius 1 is 1.32 bits per heavy atom. The molecule has 0 saturated heterocycles. The number of benzene rings is 1. The molecule has 2 aliphatic rings. The van der Waals surface area contributed by atoms with E-state index in [2.05, 4.69) is 33.3 Å². The first-order valence-corrected chi connectivity index (χ1v) is 14.8. The molecule has 0 bridgehead atoms. The maximum absolute atomic E-state index is 13.6. The summed E-state index contributed by atoms with van der Waals surface area (Å²) in [5, 5.41) is 11.0. The first-order valence-electron chi connectivity index (χ1n) is 12.0. The molecule has 37 heavy (non-hydrogen) atoms. The summed E-state index contributed by atoms with van der Waals surface area (Å²) in [6.07, 6.45) is 6.18. The molecule has 1 aromatic carbocycles. The lowest BCUT2D eigenvalue weighted by molar-refractivity contribution is 0.104. The van der Waals surface area contributed by atoms with Gasteiger partial charge in [-0.05, 0) is 78.9 Å². The molecule has 1 unspecified atom stereocenters. The van der Waals surface area contributed by atoms with Crippen LogP contribution in [-0.4, -0.2) is 55.3 Å². The molecular weight excluding hydrogens is 534 g/mol. The van der Waals surface area contributed by atoms with Gasteiger partial charge in [0.25, 0.3) is 0 Å². The van der Waals surface area contributed by atoms with Gasteiger partial charge in [-0.25, -0.2) is 15.1 Å². The van der Waals surface area contributed by atoms with Crippen molar-refractivity contribution in [3.8, 4) is 0 Å². The van der Waals surface area contributed by atoms with Gasteiger partial charge in [0.1, 0.15) is 12.1 Å². The quantitative estimate of drug-likeness (QED) is 0.397. The Bertz CT molecular complexity index is 1410. The molecule has 1 aliphatic heterocycles. The van der Waals surface area contributed by atoms with E-state index in [0.29, 0.717) is 27.7 Å². The highest BCUT2D eigenvalue weighted by Crippen LogP contribution is 2.38. The normalized spacial score (nSPS) is 22.1. The SMILES string of the molecule is CN1CCc2ccc(Cl)cc2C1c1csc(C(=O)c2cncnc2N[C@H]2CC[C@@H](COS(N)(=O)=O)C2)c1. The lowest BCUT2D eigenvalue weighted by Gasteiger charge is -2.34. The maximum Gasteiger partial charge on any atom is 0.333 e. The third-order valence-electron chi connectivity index (χ3n) is 7.04. The molecular formula is C25H28ClN5O4S2. The van der Waals surface area contributed by atoms with E-state index in [9.17, 15) is 13.2 Å². The number of carbonyl (C=O) groups excluding carboxylic acids is 1. The van der Waals surface area contributed by atoms with Gasteiger partial charge in [-0.3, -0.25) is 13.9 Å². The second kappa shape index (κ2) is 10.8. The van der Waals surface area contributed by atoms with E-state index in [4.69, 9.17) is 20.9 Å². The minimum Gasteiger partial charge on any atom is -0.367 e. The van der Waals surface area contributed by atoms with Gasteiger partial charge in [-0.2, -0.15) is 8.42 Å². The van der Waals surface area contributed by atoms with Crippen molar-refractivity contribution in [2.45, 2.75) is 37.8 Å². The number of anilines is 1. The van der Waals surface area contributed by atoms with E-state index in [0.717, 1.165) is 31.4 Å². The summed E-state index contributed by atoms with van der Waals surface area (Å²) in [4.78, 5) is 24.9. The molecule has 3 atom stereocenters. The largest absolute Gasteiger partial charge is 0.367 e. The van der Waals surface area contributed by atoms with Crippen LogP contribution < -0.4 is 10.5 Å². The predicted molar refractivity (Wildman–Crippen MR) is 143 cm³/mol. The van der Waals surface area contributed by atoms with E-state index < -0.39 is 10.3 Å². The number of halogens is 1. The zero-order valence-electron chi connectivity index (χ0n) is 20.3. The lowest BCUT2D eigenvalue weighted by Crippen LogP contribution is -2.32. The van der Waals surface area contributed by atoms with Crippen LogP contribution in [0.5, 0.6) is 0 Å². The molecule has 3 aromatic rings. The van der Waals surface area contributed by atoms with Gasteiger partial charge in [-0.1, -0.05) is 17.7 Å². The van der Waals surface area contributed by atoms with E-state index in [1.165, 1.54) is 35.0 Å². The van der Waals surface area contributed by atoms with Crippen molar-refractivity contribution in [1.29, 1.82) is 0 Å². The second-order valence-electron chi connectivity index (χ2n) is 9.63. The zero-order valence-corrected chi connectivity index (χ0v) is 22.7. The summed E-state index contributed by atoms with van der Waals surface area (Å²) in [5.41, 5.74) is 3.91. The van der Waals surface area contributed by atoms with Crippen LogP contribution in [0.3, 0.4) is 0 Å². The average Bonchev–Trinajstić information content (AvgIpc) is 3.52. The van der Waals surface area contributed by atoms with Crippen molar-refractivity contribution in [2.24, 2.45) is 11.1 Å². The molecule has 2 aromatic heterocycles. The van der Waals surface area contributed by atoms with Gasteiger partial charge in [-0.15, -0.1) is 11.3 Å². The Morgan fingerprint density at radius 3 is 2.97 bits per heavy atom. The van der Waals surface area contributed by atoms with Gasteiger partial charge in [0.05, 0.1) is 23.1 Å². The third-order valence-corrected chi connectivity index (χ3v) is 8.69. The van der Waals surface area contributed by atoms with Crippen molar-refractivity contribution in [2.75, 3.05) is 25.5 Å². The molecule has 0 amide bonds. The van der Waals surface area contributed by atoms with Crippen LogP contribution >= 0.6 is 22.9 Å². The Morgan fingerprint density at radius 2 is 2.16 bits per heavy atom. The van der Waals surface area contributed by atoms with Crippen LogP contribution in [0.15, 0.2) is 42.2 Å². The fraction of sp³-hybridized carbons (Fsp3) is 0.400. The van der Waals surface area contributed by atoms with Gasteiger partial charge in [0.2, 0.25) is 5.78 Å². The average molecular weight is 562 g/mol. The van der Waals surface area contributed by atoms with Gasteiger partial charge in [0.15, 0.2) is 0 Å². The number of nitrogens with two attached hydrogens (primary N) is 1. The lowest BCUT2D eigenvalue weighted by atomic mass is 9.89. The van der Waals surface area contributed by atoms with Crippen LogP contribution in [0.2, 0.25) is 5.02 Å². The number of likely N-dealkylation sites (N-methyl/N-ethyl adjacent to an activating group) is 1. The summed E-state index contributed by atoms with van der Waals surface area (Å²) in [7, 11) is -1.87. The van der Waals surface area contributed by atoms with E-state index in [1.54, 1.807) is 0 Å². The monoisotopic (exact) mass is 561 g/mol. The second-order valence-corrected chi connectivity index (χ2v) is 12.2. The Kier molecular flexibility index (Phi) is 7.62. The van der Waals surface area contributed by atoms with Gasteiger partial charge >= 0.3 is 10.3 Å². The Balaban J connectivity index is 1.33.